The fourth-order valence-electron chi connectivity index (χ4n) is 2.68. The van der Waals surface area contributed by atoms with Gasteiger partial charge >= 0.3 is 0 Å². The van der Waals surface area contributed by atoms with Crippen molar-refractivity contribution in [3.05, 3.63) is 42.2 Å². The second-order valence-corrected chi connectivity index (χ2v) is 5.69. The molecule has 1 saturated heterocycles. The van der Waals surface area contributed by atoms with Gasteiger partial charge in [-0.2, -0.15) is 0 Å². The van der Waals surface area contributed by atoms with Gasteiger partial charge in [-0.25, -0.2) is 0 Å². The summed E-state index contributed by atoms with van der Waals surface area (Å²) in [6, 6.07) is 7.90. The van der Waals surface area contributed by atoms with Crippen molar-refractivity contribution in [2.24, 2.45) is 0 Å². The van der Waals surface area contributed by atoms with Crippen LogP contribution >= 0.6 is 0 Å². The molecule has 3 rings (SSSR count). The van der Waals surface area contributed by atoms with E-state index >= 15 is 0 Å². The lowest BCUT2D eigenvalue weighted by atomic mass is 10.1. The second kappa shape index (κ2) is 7.05. The lowest BCUT2D eigenvalue weighted by Crippen LogP contribution is -2.38. The van der Waals surface area contributed by atoms with Crippen LogP contribution in [-0.2, 0) is 6.54 Å². The van der Waals surface area contributed by atoms with Crippen molar-refractivity contribution in [3.8, 4) is 0 Å². The summed E-state index contributed by atoms with van der Waals surface area (Å²) >= 11 is 0. The molecule has 0 saturated carbocycles. The van der Waals surface area contributed by atoms with E-state index in [-0.39, 0.29) is 24.8 Å². The number of amides is 1. The highest BCUT2D eigenvalue weighted by molar-refractivity contribution is 6.02. The first kappa shape index (κ1) is 16.5. The van der Waals surface area contributed by atoms with Crippen LogP contribution in [0.2, 0.25) is 0 Å². The van der Waals surface area contributed by atoms with Gasteiger partial charge in [0.2, 0.25) is 0 Å². The lowest BCUT2D eigenvalue weighted by Gasteiger charge is -2.15. The minimum Gasteiger partial charge on any atom is -0.395 e. The molecule has 4 atom stereocenters. The van der Waals surface area contributed by atoms with Gasteiger partial charge in [0.15, 0.2) is 5.69 Å². The molecule has 0 radical (unpaired) electrons. The highest BCUT2D eigenvalue weighted by Crippen LogP contribution is 2.16. The number of nitrogens with one attached hydrogen (secondary N) is 2. The van der Waals surface area contributed by atoms with Gasteiger partial charge in [-0.05, 0) is 12.1 Å². The SMILES string of the molecule is O=C(Nc1ccccc1)c1cn(C[C@H]2N[C@H](CO)[C@@H](O)[C@@H]2O)nn1. The van der Waals surface area contributed by atoms with E-state index in [4.69, 9.17) is 5.11 Å². The van der Waals surface area contributed by atoms with E-state index in [0.717, 1.165) is 0 Å². The molecule has 9 heteroatoms. The van der Waals surface area contributed by atoms with Crippen molar-refractivity contribution in [1.29, 1.82) is 0 Å². The Bertz CT molecular complexity index is 692. The molecule has 5 N–H and O–H groups in total. The quantitative estimate of drug-likeness (QED) is 0.454. The molecule has 1 aliphatic heterocycles. The Balaban J connectivity index is 1.62. The molecule has 1 fully saturated rings. The van der Waals surface area contributed by atoms with E-state index in [1.165, 1.54) is 10.9 Å². The van der Waals surface area contributed by atoms with Crippen molar-refractivity contribution in [2.45, 2.75) is 30.8 Å². The summed E-state index contributed by atoms with van der Waals surface area (Å²) < 4.78 is 1.41. The first-order chi connectivity index (χ1) is 11.6. The van der Waals surface area contributed by atoms with Crippen LogP contribution in [0, 0.1) is 0 Å². The van der Waals surface area contributed by atoms with E-state index in [2.05, 4.69) is 20.9 Å². The number of anilines is 1. The summed E-state index contributed by atoms with van der Waals surface area (Å²) in [5, 5.41) is 42.2. The van der Waals surface area contributed by atoms with Crippen molar-refractivity contribution < 1.29 is 20.1 Å². The molecule has 24 heavy (non-hydrogen) atoms. The number of nitrogens with zero attached hydrogens (tertiary/aromatic N) is 3. The molecular formula is C15H19N5O4. The molecule has 2 aromatic rings. The molecule has 0 aliphatic carbocycles. The smallest absolute Gasteiger partial charge is 0.277 e. The second-order valence-electron chi connectivity index (χ2n) is 5.69. The van der Waals surface area contributed by atoms with Gasteiger partial charge < -0.3 is 26.0 Å². The molecule has 9 nitrogen and oxygen atoms in total. The number of benzene rings is 1. The number of aliphatic hydroxyl groups is 3. The summed E-state index contributed by atoms with van der Waals surface area (Å²) in [4.78, 5) is 12.1. The molecular weight excluding hydrogens is 314 g/mol. The monoisotopic (exact) mass is 333 g/mol. The van der Waals surface area contributed by atoms with Crippen LogP contribution in [0.3, 0.4) is 0 Å². The Kier molecular flexibility index (Phi) is 4.86. The van der Waals surface area contributed by atoms with Crippen molar-refractivity contribution in [1.82, 2.24) is 20.3 Å². The van der Waals surface area contributed by atoms with Gasteiger partial charge in [-0.3, -0.25) is 9.48 Å². The normalized spacial score (nSPS) is 26.5. The maximum Gasteiger partial charge on any atom is 0.277 e. The average molecular weight is 333 g/mol. The number of aromatic nitrogens is 3. The zero-order valence-corrected chi connectivity index (χ0v) is 12.8. The maximum absolute atomic E-state index is 12.1. The molecule has 0 unspecified atom stereocenters. The predicted molar refractivity (Wildman–Crippen MR) is 84.2 cm³/mol. The van der Waals surface area contributed by atoms with Crippen LogP contribution in [-0.4, -0.2) is 67.1 Å². The van der Waals surface area contributed by atoms with E-state index in [9.17, 15) is 15.0 Å². The standard InChI is InChI=1S/C15H19N5O4/c21-8-12-14(23)13(22)10(17-12)6-20-7-11(18-19-20)15(24)16-9-4-2-1-3-5-9/h1-5,7,10,12-14,17,21-23H,6,8H2,(H,16,24)/t10-,12-,13-,14-/m1/s1. The lowest BCUT2D eigenvalue weighted by molar-refractivity contribution is 0.0175. The fourth-order valence-corrected chi connectivity index (χ4v) is 2.68. The molecule has 128 valence electrons. The van der Waals surface area contributed by atoms with E-state index in [0.29, 0.717) is 5.69 Å². The average Bonchev–Trinajstić information content (AvgIpc) is 3.16. The zero-order valence-electron chi connectivity index (χ0n) is 12.8. The first-order valence-electron chi connectivity index (χ1n) is 7.58. The van der Waals surface area contributed by atoms with E-state index in [1.807, 2.05) is 18.2 Å². The van der Waals surface area contributed by atoms with Crippen molar-refractivity contribution in [3.63, 3.8) is 0 Å². The molecule has 2 heterocycles. The Hall–Kier alpha value is -2.33. The Labute approximate surface area is 137 Å². The first-order valence-corrected chi connectivity index (χ1v) is 7.58. The number of rotatable bonds is 5. The number of hydrogen-bond acceptors (Lipinski definition) is 7. The Morgan fingerprint density at radius 3 is 2.58 bits per heavy atom. The third-order valence-corrected chi connectivity index (χ3v) is 3.99. The minimum atomic E-state index is -1.05. The minimum absolute atomic E-state index is 0.144. The number of carbonyl (C=O) groups is 1. The topological polar surface area (TPSA) is 133 Å². The summed E-state index contributed by atoms with van der Waals surface area (Å²) in [7, 11) is 0. The highest BCUT2D eigenvalue weighted by Gasteiger charge is 2.40. The predicted octanol–water partition coefficient (Wildman–Crippen LogP) is -1.42. The van der Waals surface area contributed by atoms with Gasteiger partial charge in [0.05, 0.1) is 43.6 Å². The van der Waals surface area contributed by atoms with Crippen LogP contribution in [0.15, 0.2) is 36.5 Å². The van der Waals surface area contributed by atoms with Crippen LogP contribution in [0.4, 0.5) is 5.69 Å². The van der Waals surface area contributed by atoms with Gasteiger partial charge in [0, 0.05) is 5.69 Å². The zero-order chi connectivity index (χ0) is 17.1. The number of aliphatic hydroxyl groups excluding tert-OH is 3. The summed E-state index contributed by atoms with van der Waals surface area (Å²) in [5.41, 5.74) is 0.796. The summed E-state index contributed by atoms with van der Waals surface area (Å²) in [5.74, 6) is -0.388. The Morgan fingerprint density at radius 2 is 1.92 bits per heavy atom. The summed E-state index contributed by atoms with van der Waals surface area (Å²) in [6.07, 6.45) is -0.622. The van der Waals surface area contributed by atoms with Crippen LogP contribution < -0.4 is 10.6 Å². The Morgan fingerprint density at radius 1 is 1.21 bits per heavy atom. The van der Waals surface area contributed by atoms with E-state index in [1.54, 1.807) is 12.1 Å². The molecule has 1 aromatic heterocycles. The van der Waals surface area contributed by atoms with Crippen LogP contribution in [0.25, 0.3) is 0 Å². The summed E-state index contributed by atoms with van der Waals surface area (Å²) in [6.45, 7) is -0.0723. The van der Waals surface area contributed by atoms with Crippen LogP contribution in [0.5, 0.6) is 0 Å². The van der Waals surface area contributed by atoms with Gasteiger partial charge in [-0.15, -0.1) is 5.10 Å². The number of hydrogen-bond donors (Lipinski definition) is 5. The van der Waals surface area contributed by atoms with Crippen LogP contribution in [0.1, 0.15) is 10.5 Å². The molecule has 0 spiro atoms. The van der Waals surface area contributed by atoms with Gasteiger partial charge in [0.25, 0.3) is 5.91 Å². The van der Waals surface area contributed by atoms with Gasteiger partial charge in [0.1, 0.15) is 0 Å². The van der Waals surface area contributed by atoms with Gasteiger partial charge in [-0.1, -0.05) is 23.4 Å². The molecule has 0 bridgehead atoms. The molecule has 1 amide bonds. The van der Waals surface area contributed by atoms with Crippen molar-refractivity contribution in [2.75, 3.05) is 11.9 Å². The largest absolute Gasteiger partial charge is 0.395 e. The number of carbonyl (C=O) groups excluding carboxylic acids is 1. The molecule has 1 aromatic carbocycles. The van der Waals surface area contributed by atoms with E-state index < -0.39 is 24.3 Å². The fraction of sp³-hybridized carbons (Fsp3) is 0.400. The van der Waals surface area contributed by atoms with Crippen molar-refractivity contribution >= 4 is 11.6 Å². The third-order valence-electron chi connectivity index (χ3n) is 3.99. The third kappa shape index (κ3) is 3.44. The maximum atomic E-state index is 12.1. The molecule has 1 aliphatic rings. The number of para-hydroxylation sites is 1. The highest BCUT2D eigenvalue weighted by atomic mass is 16.3.